The smallest absolute Gasteiger partial charge is 0.219 e. The Morgan fingerprint density at radius 2 is 2.38 bits per heavy atom. The second-order valence-corrected chi connectivity index (χ2v) is 4.46. The zero-order chi connectivity index (χ0) is 11.4. The second-order valence-electron chi connectivity index (χ2n) is 4.46. The van der Waals surface area contributed by atoms with E-state index >= 15 is 0 Å². The van der Waals surface area contributed by atoms with Gasteiger partial charge in [-0.15, -0.1) is 0 Å². The Morgan fingerprint density at radius 3 is 3.19 bits per heavy atom. The molecule has 0 radical (unpaired) electrons. The van der Waals surface area contributed by atoms with Crippen molar-refractivity contribution >= 4 is 5.82 Å². The number of nitrogens with one attached hydrogen (secondary N) is 2. The van der Waals surface area contributed by atoms with Gasteiger partial charge in [-0.05, 0) is 18.1 Å². The van der Waals surface area contributed by atoms with E-state index in [4.69, 9.17) is 4.74 Å². The van der Waals surface area contributed by atoms with Crippen LogP contribution in [0.5, 0.6) is 5.88 Å². The molecule has 0 saturated heterocycles. The Hall–Kier alpha value is -1.29. The van der Waals surface area contributed by atoms with Crippen molar-refractivity contribution in [2.24, 2.45) is 5.92 Å². The molecule has 4 nitrogen and oxygen atoms in total. The lowest BCUT2D eigenvalue weighted by Crippen LogP contribution is -2.16. The molecule has 2 heterocycles. The summed E-state index contributed by atoms with van der Waals surface area (Å²) in [5.74, 6) is 2.27. The molecule has 2 N–H and O–H groups in total. The van der Waals surface area contributed by atoms with E-state index in [1.165, 1.54) is 0 Å². The molecule has 1 aliphatic heterocycles. The molecule has 0 saturated carbocycles. The average Bonchev–Trinajstić information content (AvgIpc) is 2.50. The quantitative estimate of drug-likeness (QED) is 0.814. The van der Waals surface area contributed by atoms with Gasteiger partial charge < -0.3 is 15.4 Å². The molecule has 0 bridgehead atoms. The fourth-order valence-corrected chi connectivity index (χ4v) is 1.58. The van der Waals surface area contributed by atoms with Crippen LogP contribution in [0.15, 0.2) is 12.1 Å². The summed E-state index contributed by atoms with van der Waals surface area (Å²) in [5.41, 5.74) is 1.13. The van der Waals surface area contributed by atoms with Crippen molar-refractivity contribution < 1.29 is 4.74 Å². The molecule has 2 rings (SSSR count). The number of anilines is 1. The predicted octanol–water partition coefficient (Wildman–Crippen LogP) is 1.63. The maximum absolute atomic E-state index is 5.58. The van der Waals surface area contributed by atoms with Crippen LogP contribution in [-0.2, 0) is 6.54 Å². The number of nitrogens with zero attached hydrogens (tertiary/aromatic N) is 1. The van der Waals surface area contributed by atoms with Crippen LogP contribution in [0.25, 0.3) is 0 Å². The Kier molecular flexibility index (Phi) is 3.62. The lowest BCUT2D eigenvalue weighted by atomic mass is 10.2. The minimum atomic E-state index is 0.614. The molecule has 4 heteroatoms. The maximum atomic E-state index is 5.58. The van der Waals surface area contributed by atoms with Gasteiger partial charge in [-0.3, -0.25) is 0 Å². The number of pyridine rings is 1. The van der Waals surface area contributed by atoms with Crippen molar-refractivity contribution in [1.29, 1.82) is 0 Å². The number of fused-ring (bicyclic) bond motifs is 1. The molecule has 0 fully saturated rings. The summed E-state index contributed by atoms with van der Waals surface area (Å²) in [6.07, 6.45) is 0. The van der Waals surface area contributed by atoms with E-state index in [-0.39, 0.29) is 0 Å². The third-order valence-corrected chi connectivity index (χ3v) is 2.46. The minimum Gasteiger partial charge on any atom is -0.476 e. The largest absolute Gasteiger partial charge is 0.476 e. The first-order valence-electron chi connectivity index (χ1n) is 5.83. The topological polar surface area (TPSA) is 46.2 Å². The molecule has 0 aliphatic carbocycles. The van der Waals surface area contributed by atoms with E-state index in [1.54, 1.807) is 0 Å². The number of hydrogen-bond donors (Lipinski definition) is 2. The SMILES string of the molecule is CC(C)CNc1ccc2c(n1)OCCNC2. The number of hydrogen-bond acceptors (Lipinski definition) is 4. The molecular formula is C12H19N3O. The highest BCUT2D eigenvalue weighted by Gasteiger charge is 2.10. The molecule has 0 amide bonds. The number of ether oxygens (including phenoxy) is 1. The predicted molar refractivity (Wildman–Crippen MR) is 64.8 cm³/mol. The Balaban J connectivity index is 2.08. The van der Waals surface area contributed by atoms with Gasteiger partial charge in [0.2, 0.25) is 5.88 Å². The van der Waals surface area contributed by atoms with Crippen LogP contribution in [0.3, 0.4) is 0 Å². The van der Waals surface area contributed by atoms with Gasteiger partial charge in [-0.2, -0.15) is 4.98 Å². The first-order valence-corrected chi connectivity index (χ1v) is 5.83. The summed E-state index contributed by atoms with van der Waals surface area (Å²) in [6.45, 7) is 7.70. The van der Waals surface area contributed by atoms with E-state index in [1.807, 2.05) is 6.07 Å². The van der Waals surface area contributed by atoms with Gasteiger partial charge in [0.05, 0.1) is 0 Å². The van der Waals surface area contributed by atoms with Crippen LogP contribution < -0.4 is 15.4 Å². The number of aromatic nitrogens is 1. The minimum absolute atomic E-state index is 0.614. The normalized spacial score (nSPS) is 15.2. The Bertz CT molecular complexity index is 352. The van der Waals surface area contributed by atoms with E-state index in [0.29, 0.717) is 12.5 Å². The molecule has 0 aromatic carbocycles. The van der Waals surface area contributed by atoms with Crippen LogP contribution in [0.4, 0.5) is 5.82 Å². The summed E-state index contributed by atoms with van der Waals surface area (Å²) in [5, 5.41) is 6.59. The summed E-state index contributed by atoms with van der Waals surface area (Å²) in [7, 11) is 0. The molecule has 16 heavy (non-hydrogen) atoms. The average molecular weight is 221 g/mol. The molecule has 1 aromatic rings. The third-order valence-electron chi connectivity index (χ3n) is 2.46. The van der Waals surface area contributed by atoms with E-state index < -0.39 is 0 Å². The highest BCUT2D eigenvalue weighted by Crippen LogP contribution is 2.20. The van der Waals surface area contributed by atoms with Crippen LogP contribution in [-0.4, -0.2) is 24.7 Å². The lowest BCUT2D eigenvalue weighted by Gasteiger charge is -2.11. The molecule has 88 valence electrons. The summed E-state index contributed by atoms with van der Waals surface area (Å²) >= 11 is 0. The standard InChI is InChI=1S/C12H19N3O/c1-9(2)7-14-11-4-3-10-8-13-5-6-16-12(10)15-11/h3-4,9,13H,5-8H2,1-2H3,(H,14,15). The van der Waals surface area contributed by atoms with Gasteiger partial charge in [0, 0.05) is 25.2 Å². The fraction of sp³-hybridized carbons (Fsp3) is 0.583. The van der Waals surface area contributed by atoms with Gasteiger partial charge in [0.1, 0.15) is 12.4 Å². The van der Waals surface area contributed by atoms with Crippen molar-refractivity contribution in [3.05, 3.63) is 17.7 Å². The van der Waals surface area contributed by atoms with Crippen molar-refractivity contribution in [3.8, 4) is 5.88 Å². The van der Waals surface area contributed by atoms with Crippen molar-refractivity contribution in [3.63, 3.8) is 0 Å². The molecule has 1 aromatic heterocycles. The molecule has 0 unspecified atom stereocenters. The van der Waals surface area contributed by atoms with Crippen molar-refractivity contribution in [2.45, 2.75) is 20.4 Å². The first kappa shape index (κ1) is 11.2. The first-order chi connectivity index (χ1) is 7.75. The van der Waals surface area contributed by atoms with Crippen LogP contribution in [0.1, 0.15) is 19.4 Å². The van der Waals surface area contributed by atoms with Gasteiger partial charge in [-0.25, -0.2) is 0 Å². The van der Waals surface area contributed by atoms with Gasteiger partial charge >= 0.3 is 0 Å². The summed E-state index contributed by atoms with van der Waals surface area (Å²) in [4.78, 5) is 4.47. The summed E-state index contributed by atoms with van der Waals surface area (Å²) < 4.78 is 5.58. The highest BCUT2D eigenvalue weighted by atomic mass is 16.5. The van der Waals surface area contributed by atoms with Crippen LogP contribution in [0.2, 0.25) is 0 Å². The van der Waals surface area contributed by atoms with Crippen LogP contribution in [0, 0.1) is 5.92 Å². The second kappa shape index (κ2) is 5.16. The lowest BCUT2D eigenvalue weighted by molar-refractivity contribution is 0.314. The fourth-order valence-electron chi connectivity index (χ4n) is 1.58. The zero-order valence-electron chi connectivity index (χ0n) is 9.92. The molecule has 0 atom stereocenters. The highest BCUT2D eigenvalue weighted by molar-refractivity contribution is 5.41. The van der Waals surface area contributed by atoms with Crippen LogP contribution >= 0.6 is 0 Å². The third kappa shape index (κ3) is 2.85. The van der Waals surface area contributed by atoms with E-state index in [0.717, 1.165) is 36.9 Å². The number of rotatable bonds is 3. The maximum Gasteiger partial charge on any atom is 0.219 e. The zero-order valence-corrected chi connectivity index (χ0v) is 9.92. The van der Waals surface area contributed by atoms with Crippen molar-refractivity contribution in [2.75, 3.05) is 25.0 Å². The van der Waals surface area contributed by atoms with Crippen molar-refractivity contribution in [1.82, 2.24) is 10.3 Å². The molecule has 1 aliphatic rings. The summed E-state index contributed by atoms with van der Waals surface area (Å²) in [6, 6.07) is 4.08. The van der Waals surface area contributed by atoms with E-state index in [2.05, 4.69) is 35.5 Å². The van der Waals surface area contributed by atoms with Gasteiger partial charge in [0.25, 0.3) is 0 Å². The monoisotopic (exact) mass is 221 g/mol. The molecule has 0 spiro atoms. The Labute approximate surface area is 96.4 Å². The van der Waals surface area contributed by atoms with E-state index in [9.17, 15) is 0 Å². The van der Waals surface area contributed by atoms with Gasteiger partial charge in [0.15, 0.2) is 0 Å². The Morgan fingerprint density at radius 1 is 1.50 bits per heavy atom. The molecular weight excluding hydrogens is 202 g/mol. The van der Waals surface area contributed by atoms with Gasteiger partial charge in [-0.1, -0.05) is 13.8 Å².